The smallest absolute Gasteiger partial charge is 0.244 e. The van der Waals surface area contributed by atoms with Crippen molar-refractivity contribution in [1.29, 1.82) is 0 Å². The van der Waals surface area contributed by atoms with Gasteiger partial charge in [-0.05, 0) is 31.6 Å². The summed E-state index contributed by atoms with van der Waals surface area (Å²) >= 11 is 0. The van der Waals surface area contributed by atoms with Gasteiger partial charge in [-0.3, -0.25) is 0 Å². The lowest BCUT2D eigenvalue weighted by molar-refractivity contribution is 0.242. The average molecular weight is 330 g/mol. The third-order valence-electron chi connectivity index (χ3n) is 3.15. The van der Waals surface area contributed by atoms with E-state index in [1.165, 1.54) is 20.3 Å². The Bertz CT molecular complexity index is 598. The second kappa shape index (κ2) is 7.30. The largest absolute Gasteiger partial charge is 0.497 e. The van der Waals surface area contributed by atoms with Gasteiger partial charge in [-0.15, -0.1) is 0 Å². The Hall–Kier alpha value is -1.31. The van der Waals surface area contributed by atoms with Gasteiger partial charge in [0.2, 0.25) is 10.0 Å². The SMILES string of the molecule is COc1ccc(OC)c(S(=O)(=O)NCC(C)(C)CN(C)C)c1. The van der Waals surface area contributed by atoms with Crippen molar-refractivity contribution in [3.05, 3.63) is 18.2 Å². The summed E-state index contributed by atoms with van der Waals surface area (Å²) in [6.07, 6.45) is 0. The van der Waals surface area contributed by atoms with Crippen molar-refractivity contribution in [2.75, 3.05) is 41.4 Å². The molecule has 0 saturated heterocycles. The highest BCUT2D eigenvalue weighted by atomic mass is 32.2. The molecule has 0 heterocycles. The summed E-state index contributed by atoms with van der Waals surface area (Å²) in [5.41, 5.74) is -0.192. The Balaban J connectivity index is 3.00. The lowest BCUT2D eigenvalue weighted by Crippen LogP contribution is -2.40. The van der Waals surface area contributed by atoms with E-state index in [1.807, 2.05) is 32.8 Å². The first-order valence-electron chi connectivity index (χ1n) is 6.98. The minimum Gasteiger partial charge on any atom is -0.497 e. The maximum absolute atomic E-state index is 12.6. The molecule has 1 rings (SSSR count). The molecule has 1 aromatic rings. The molecule has 6 nitrogen and oxygen atoms in total. The van der Waals surface area contributed by atoms with Gasteiger partial charge in [0.15, 0.2) is 0 Å². The first-order chi connectivity index (χ1) is 10.1. The standard InChI is InChI=1S/C15H26N2O4S/c1-15(2,11-17(3)4)10-16-22(18,19)14-9-12(20-5)7-8-13(14)21-6/h7-9,16H,10-11H2,1-6H3. The predicted octanol–water partition coefficient (Wildman–Crippen LogP) is 1.57. The molecule has 0 aromatic heterocycles. The number of hydrogen-bond donors (Lipinski definition) is 1. The van der Waals surface area contributed by atoms with E-state index >= 15 is 0 Å². The van der Waals surface area contributed by atoms with Gasteiger partial charge in [-0.25, -0.2) is 13.1 Å². The van der Waals surface area contributed by atoms with Crippen molar-refractivity contribution in [1.82, 2.24) is 9.62 Å². The molecule has 0 radical (unpaired) electrons. The molecule has 7 heteroatoms. The zero-order chi connectivity index (χ0) is 17.0. The van der Waals surface area contributed by atoms with Crippen LogP contribution in [0.5, 0.6) is 11.5 Å². The van der Waals surface area contributed by atoms with E-state index in [0.717, 1.165) is 6.54 Å². The maximum atomic E-state index is 12.6. The number of rotatable bonds is 8. The number of methoxy groups -OCH3 is 2. The third-order valence-corrected chi connectivity index (χ3v) is 4.57. The molecule has 0 spiro atoms. The van der Waals surface area contributed by atoms with Crippen LogP contribution in [-0.2, 0) is 10.0 Å². The summed E-state index contributed by atoms with van der Waals surface area (Å²) in [4.78, 5) is 2.11. The molecule has 1 N–H and O–H groups in total. The van der Waals surface area contributed by atoms with Crippen LogP contribution in [0.1, 0.15) is 13.8 Å². The maximum Gasteiger partial charge on any atom is 0.244 e. The zero-order valence-electron chi connectivity index (χ0n) is 14.1. The highest BCUT2D eigenvalue weighted by molar-refractivity contribution is 7.89. The molecular formula is C15H26N2O4S. The minimum absolute atomic E-state index is 0.0787. The Morgan fingerprint density at radius 2 is 1.82 bits per heavy atom. The van der Waals surface area contributed by atoms with Gasteiger partial charge in [0, 0.05) is 19.2 Å². The lowest BCUT2D eigenvalue weighted by Gasteiger charge is -2.28. The van der Waals surface area contributed by atoms with Crippen molar-refractivity contribution in [3.8, 4) is 11.5 Å². The van der Waals surface area contributed by atoms with Crippen molar-refractivity contribution in [3.63, 3.8) is 0 Å². The molecule has 126 valence electrons. The van der Waals surface area contributed by atoms with Crippen LogP contribution in [-0.4, -0.2) is 54.7 Å². The van der Waals surface area contributed by atoms with Crippen molar-refractivity contribution >= 4 is 10.0 Å². The second-order valence-corrected chi connectivity index (χ2v) is 7.98. The van der Waals surface area contributed by atoms with Crippen LogP contribution in [0.25, 0.3) is 0 Å². The van der Waals surface area contributed by atoms with Crippen molar-refractivity contribution < 1.29 is 17.9 Å². The summed E-state index contributed by atoms with van der Waals surface area (Å²) in [5, 5.41) is 0. The second-order valence-electron chi connectivity index (χ2n) is 6.24. The number of ether oxygens (including phenoxy) is 2. The van der Waals surface area contributed by atoms with Gasteiger partial charge in [0.05, 0.1) is 14.2 Å². The van der Waals surface area contributed by atoms with E-state index in [9.17, 15) is 8.42 Å². The first kappa shape index (κ1) is 18.7. The molecule has 0 unspecified atom stereocenters. The van der Waals surface area contributed by atoms with E-state index in [1.54, 1.807) is 12.1 Å². The number of benzene rings is 1. The Kier molecular flexibility index (Phi) is 6.22. The van der Waals surface area contributed by atoms with Crippen LogP contribution in [0, 0.1) is 5.41 Å². The average Bonchev–Trinajstić information content (AvgIpc) is 2.43. The third kappa shape index (κ3) is 5.15. The number of sulfonamides is 1. The summed E-state index contributed by atoms with van der Waals surface area (Å²) in [5.74, 6) is 0.757. The monoisotopic (exact) mass is 330 g/mol. The zero-order valence-corrected chi connectivity index (χ0v) is 15.0. The Labute approximate surface area is 133 Å². The Morgan fingerprint density at radius 3 is 2.32 bits per heavy atom. The molecule has 0 amide bonds. The van der Waals surface area contributed by atoms with Gasteiger partial charge in [-0.1, -0.05) is 13.8 Å². The van der Waals surface area contributed by atoms with Crippen LogP contribution in [0.4, 0.5) is 0 Å². The molecule has 0 bridgehead atoms. The predicted molar refractivity (Wildman–Crippen MR) is 87.1 cm³/mol. The van der Waals surface area contributed by atoms with Crippen molar-refractivity contribution in [2.45, 2.75) is 18.7 Å². The normalized spacial score (nSPS) is 12.5. The molecule has 1 aromatic carbocycles. The summed E-state index contributed by atoms with van der Waals surface area (Å²) < 4.78 is 38.0. The van der Waals surface area contributed by atoms with Gasteiger partial charge < -0.3 is 14.4 Å². The molecule has 0 aliphatic rings. The van der Waals surface area contributed by atoms with Crippen LogP contribution in [0.15, 0.2) is 23.1 Å². The van der Waals surface area contributed by atoms with Gasteiger partial charge >= 0.3 is 0 Å². The van der Waals surface area contributed by atoms with E-state index in [-0.39, 0.29) is 10.3 Å². The summed E-state index contributed by atoms with van der Waals surface area (Å²) in [6, 6.07) is 4.70. The minimum atomic E-state index is -3.68. The molecule has 0 atom stereocenters. The lowest BCUT2D eigenvalue weighted by atomic mass is 9.93. The van der Waals surface area contributed by atoms with Crippen LogP contribution in [0.3, 0.4) is 0 Å². The fourth-order valence-electron chi connectivity index (χ4n) is 2.27. The topological polar surface area (TPSA) is 67.9 Å². The van der Waals surface area contributed by atoms with E-state index in [4.69, 9.17) is 9.47 Å². The Morgan fingerprint density at radius 1 is 1.18 bits per heavy atom. The highest BCUT2D eigenvalue weighted by Crippen LogP contribution is 2.28. The van der Waals surface area contributed by atoms with Gasteiger partial charge in [0.1, 0.15) is 16.4 Å². The highest BCUT2D eigenvalue weighted by Gasteiger charge is 2.25. The molecule has 0 aliphatic carbocycles. The fraction of sp³-hybridized carbons (Fsp3) is 0.600. The van der Waals surface area contributed by atoms with Crippen LogP contribution < -0.4 is 14.2 Å². The molecule has 22 heavy (non-hydrogen) atoms. The fourth-order valence-corrected chi connectivity index (χ4v) is 3.70. The van der Waals surface area contributed by atoms with Crippen LogP contribution >= 0.6 is 0 Å². The summed E-state index contributed by atoms with van der Waals surface area (Å²) in [6.45, 7) is 5.12. The number of hydrogen-bond acceptors (Lipinski definition) is 5. The molecule has 0 aliphatic heterocycles. The number of nitrogens with zero attached hydrogens (tertiary/aromatic N) is 1. The van der Waals surface area contributed by atoms with E-state index in [0.29, 0.717) is 18.0 Å². The van der Waals surface area contributed by atoms with Crippen LogP contribution in [0.2, 0.25) is 0 Å². The van der Waals surface area contributed by atoms with Gasteiger partial charge in [-0.2, -0.15) is 0 Å². The van der Waals surface area contributed by atoms with Crippen molar-refractivity contribution in [2.24, 2.45) is 5.41 Å². The van der Waals surface area contributed by atoms with E-state index < -0.39 is 10.0 Å². The molecule has 0 saturated carbocycles. The quantitative estimate of drug-likeness (QED) is 0.784. The number of nitrogens with one attached hydrogen (secondary N) is 1. The van der Waals surface area contributed by atoms with E-state index in [2.05, 4.69) is 4.72 Å². The molecule has 0 fully saturated rings. The summed E-state index contributed by atoms with van der Waals surface area (Å²) in [7, 11) is 3.17. The van der Waals surface area contributed by atoms with Gasteiger partial charge in [0.25, 0.3) is 0 Å². The first-order valence-corrected chi connectivity index (χ1v) is 8.46. The molecular weight excluding hydrogens is 304 g/mol.